The highest BCUT2D eigenvalue weighted by Gasteiger charge is 2.50. The van der Waals surface area contributed by atoms with E-state index in [1.54, 1.807) is 17.0 Å². The van der Waals surface area contributed by atoms with Crippen molar-refractivity contribution in [3.8, 4) is 5.75 Å². The Balaban J connectivity index is 1.32. The van der Waals surface area contributed by atoms with Crippen molar-refractivity contribution in [2.75, 3.05) is 0 Å². The van der Waals surface area contributed by atoms with Crippen molar-refractivity contribution in [2.45, 2.75) is 38.0 Å². The molecule has 3 aromatic carbocycles. The Labute approximate surface area is 199 Å². The second kappa shape index (κ2) is 8.45. The summed E-state index contributed by atoms with van der Waals surface area (Å²) < 4.78 is 46.8. The number of imidazole rings is 1. The van der Waals surface area contributed by atoms with Crippen LogP contribution in [0.25, 0.3) is 11.0 Å². The Morgan fingerprint density at radius 3 is 2.54 bits per heavy atom. The molecule has 2 fully saturated rings. The van der Waals surface area contributed by atoms with Crippen molar-refractivity contribution in [3.05, 3.63) is 95.1 Å². The molecule has 3 atom stereocenters. The number of nitrogens with zero attached hydrogens (tertiary/aromatic N) is 2. The zero-order valence-corrected chi connectivity index (χ0v) is 18.7. The van der Waals surface area contributed by atoms with Crippen LogP contribution in [0.5, 0.6) is 5.75 Å². The number of piperidine rings is 1. The highest BCUT2D eigenvalue weighted by Crippen LogP contribution is 2.50. The largest absolute Gasteiger partial charge is 0.487 e. The van der Waals surface area contributed by atoms with Crippen LogP contribution in [-0.4, -0.2) is 26.8 Å². The summed E-state index contributed by atoms with van der Waals surface area (Å²) in [6, 6.07) is 14.3. The number of benzene rings is 3. The average molecular weight is 477 g/mol. The SMILES string of the molecule is O=C(c1cc(F)cc(F)c1)N1[C@@H]2CC[C@@H](C2)[C@H]1c1nc2c(OCc3ccc(F)cc3)cccc2[nH]1. The molecule has 1 aromatic heterocycles. The van der Waals surface area contributed by atoms with Gasteiger partial charge in [-0.25, -0.2) is 18.2 Å². The van der Waals surface area contributed by atoms with Crippen LogP contribution in [0.1, 0.15) is 47.1 Å². The molecule has 8 heteroatoms. The van der Waals surface area contributed by atoms with Crippen LogP contribution in [0, 0.1) is 23.4 Å². The number of amides is 1. The number of hydrogen-bond acceptors (Lipinski definition) is 3. The van der Waals surface area contributed by atoms with Gasteiger partial charge in [0.25, 0.3) is 5.91 Å². The summed E-state index contributed by atoms with van der Waals surface area (Å²) in [6.07, 6.45) is 2.65. The summed E-state index contributed by atoms with van der Waals surface area (Å²) in [5, 5.41) is 0. The molecule has 4 aromatic rings. The van der Waals surface area contributed by atoms with E-state index in [-0.39, 0.29) is 36.0 Å². The molecule has 1 amide bonds. The summed E-state index contributed by atoms with van der Waals surface area (Å²) >= 11 is 0. The molecule has 0 unspecified atom stereocenters. The van der Waals surface area contributed by atoms with Crippen LogP contribution in [0.2, 0.25) is 0 Å². The third-order valence-corrected chi connectivity index (χ3v) is 7.01. The number of aromatic amines is 1. The zero-order valence-electron chi connectivity index (χ0n) is 18.7. The van der Waals surface area contributed by atoms with E-state index in [0.29, 0.717) is 17.1 Å². The average Bonchev–Trinajstić information content (AvgIpc) is 3.57. The Hall–Kier alpha value is -3.81. The maximum absolute atomic E-state index is 13.8. The van der Waals surface area contributed by atoms with Gasteiger partial charge in [0.05, 0.1) is 11.6 Å². The molecule has 1 aliphatic heterocycles. The quantitative estimate of drug-likeness (QED) is 0.388. The number of ether oxygens (including phenoxy) is 1. The van der Waals surface area contributed by atoms with Crippen molar-refractivity contribution in [3.63, 3.8) is 0 Å². The lowest BCUT2D eigenvalue weighted by molar-refractivity contribution is 0.0578. The summed E-state index contributed by atoms with van der Waals surface area (Å²) in [5.74, 6) is -0.834. The van der Waals surface area contributed by atoms with Crippen LogP contribution in [0.4, 0.5) is 13.2 Å². The number of rotatable bonds is 5. The monoisotopic (exact) mass is 477 g/mol. The van der Waals surface area contributed by atoms with Gasteiger partial charge in [0.1, 0.15) is 41.1 Å². The van der Waals surface area contributed by atoms with Gasteiger partial charge < -0.3 is 14.6 Å². The van der Waals surface area contributed by atoms with E-state index in [9.17, 15) is 18.0 Å². The topological polar surface area (TPSA) is 58.2 Å². The number of aromatic nitrogens is 2. The minimum absolute atomic E-state index is 0.000480. The molecule has 2 aliphatic rings. The number of carbonyl (C=O) groups excluding carboxylic acids is 1. The van der Waals surface area contributed by atoms with Crippen LogP contribution < -0.4 is 4.74 Å². The van der Waals surface area contributed by atoms with Gasteiger partial charge in [-0.3, -0.25) is 4.79 Å². The van der Waals surface area contributed by atoms with Crippen LogP contribution in [0.15, 0.2) is 60.7 Å². The fraction of sp³-hybridized carbons (Fsp3) is 0.259. The standard InChI is InChI=1S/C27H22F3N3O2/c28-18-7-4-15(5-8-18)14-35-23-3-1-2-22-24(23)32-26(31-22)25-16-6-9-21(12-16)33(25)27(34)17-10-19(29)13-20(30)11-17/h1-5,7-8,10-11,13,16,21,25H,6,9,12,14H2,(H,31,32)/t16-,21+,25-/m0/s1. The molecule has 178 valence electrons. The summed E-state index contributed by atoms with van der Waals surface area (Å²) in [4.78, 5) is 23.3. The molecule has 0 spiro atoms. The first-order valence-electron chi connectivity index (χ1n) is 11.6. The molecule has 2 bridgehead atoms. The third-order valence-electron chi connectivity index (χ3n) is 7.01. The molecule has 35 heavy (non-hydrogen) atoms. The van der Waals surface area contributed by atoms with E-state index >= 15 is 0 Å². The smallest absolute Gasteiger partial charge is 0.254 e. The first-order valence-corrected chi connectivity index (χ1v) is 11.6. The number of nitrogens with one attached hydrogen (secondary N) is 1. The van der Waals surface area contributed by atoms with E-state index in [1.165, 1.54) is 12.1 Å². The number of hydrogen-bond donors (Lipinski definition) is 1. The highest BCUT2D eigenvalue weighted by atomic mass is 19.1. The number of likely N-dealkylation sites (tertiary alicyclic amines) is 1. The number of fused-ring (bicyclic) bond motifs is 3. The summed E-state index contributed by atoms with van der Waals surface area (Å²) in [5.41, 5.74) is 2.23. The summed E-state index contributed by atoms with van der Waals surface area (Å²) in [6.45, 7) is 0.255. The minimum atomic E-state index is -0.777. The van der Waals surface area contributed by atoms with E-state index < -0.39 is 17.5 Å². The lowest BCUT2D eigenvalue weighted by Crippen LogP contribution is -2.40. The van der Waals surface area contributed by atoms with Gasteiger partial charge in [-0.2, -0.15) is 0 Å². The van der Waals surface area contributed by atoms with Gasteiger partial charge in [0.2, 0.25) is 0 Å². The molecule has 1 aliphatic carbocycles. The van der Waals surface area contributed by atoms with Gasteiger partial charge >= 0.3 is 0 Å². The number of H-pyrrole nitrogens is 1. The lowest BCUT2D eigenvalue weighted by atomic mass is 9.97. The lowest BCUT2D eigenvalue weighted by Gasteiger charge is -2.34. The second-order valence-electron chi connectivity index (χ2n) is 9.23. The van der Waals surface area contributed by atoms with E-state index in [1.807, 2.05) is 18.2 Å². The van der Waals surface area contributed by atoms with Crippen LogP contribution in [0.3, 0.4) is 0 Å². The number of carbonyl (C=O) groups is 1. The molecule has 1 saturated carbocycles. The van der Waals surface area contributed by atoms with Crippen molar-refractivity contribution in [1.82, 2.24) is 14.9 Å². The molecular weight excluding hydrogens is 455 g/mol. The predicted molar refractivity (Wildman–Crippen MR) is 123 cm³/mol. The fourth-order valence-corrected chi connectivity index (χ4v) is 5.48. The molecule has 1 saturated heterocycles. The molecule has 2 heterocycles. The first-order chi connectivity index (χ1) is 17.0. The molecule has 5 nitrogen and oxygen atoms in total. The van der Waals surface area contributed by atoms with Gasteiger partial charge in [0.15, 0.2) is 0 Å². The maximum atomic E-state index is 13.8. The van der Waals surface area contributed by atoms with E-state index in [0.717, 1.165) is 48.5 Å². The normalized spacial score (nSPS) is 21.1. The van der Waals surface area contributed by atoms with Crippen LogP contribution >= 0.6 is 0 Å². The van der Waals surface area contributed by atoms with Crippen molar-refractivity contribution in [2.24, 2.45) is 5.92 Å². The van der Waals surface area contributed by atoms with Gasteiger partial charge in [-0.1, -0.05) is 18.2 Å². The van der Waals surface area contributed by atoms with Gasteiger partial charge in [-0.05, 0) is 67.1 Å². The first kappa shape index (κ1) is 21.7. The van der Waals surface area contributed by atoms with Crippen molar-refractivity contribution in [1.29, 1.82) is 0 Å². The Bertz CT molecular complexity index is 1400. The van der Waals surface area contributed by atoms with E-state index in [2.05, 4.69) is 4.98 Å². The zero-order chi connectivity index (χ0) is 24.1. The second-order valence-corrected chi connectivity index (χ2v) is 9.23. The fourth-order valence-electron chi connectivity index (χ4n) is 5.48. The number of halogens is 3. The maximum Gasteiger partial charge on any atom is 0.254 e. The Kier molecular flexibility index (Phi) is 5.24. The van der Waals surface area contributed by atoms with Crippen molar-refractivity contribution < 1.29 is 22.7 Å². The van der Waals surface area contributed by atoms with Gasteiger partial charge in [-0.15, -0.1) is 0 Å². The number of para-hydroxylation sites is 1. The summed E-state index contributed by atoms with van der Waals surface area (Å²) in [7, 11) is 0. The minimum Gasteiger partial charge on any atom is -0.487 e. The van der Waals surface area contributed by atoms with E-state index in [4.69, 9.17) is 9.72 Å². The van der Waals surface area contributed by atoms with Crippen LogP contribution in [-0.2, 0) is 6.61 Å². The Morgan fingerprint density at radius 2 is 1.77 bits per heavy atom. The molecule has 6 rings (SSSR count). The predicted octanol–water partition coefficient (Wildman–Crippen LogP) is 5.93. The third kappa shape index (κ3) is 3.92. The van der Waals surface area contributed by atoms with Crippen molar-refractivity contribution >= 4 is 16.9 Å². The molecular formula is C27H22F3N3O2. The molecule has 1 N–H and O–H groups in total. The highest BCUT2D eigenvalue weighted by molar-refractivity contribution is 5.95. The Morgan fingerprint density at radius 1 is 1.00 bits per heavy atom. The molecule has 0 radical (unpaired) electrons. The van der Waals surface area contributed by atoms with Gasteiger partial charge in [0, 0.05) is 17.7 Å².